The fraction of sp³-hybridized carbons (Fsp3) is 0.308. The first-order chi connectivity index (χ1) is 8.47. The summed E-state index contributed by atoms with van der Waals surface area (Å²) in [6.45, 7) is 3.95. The van der Waals surface area contributed by atoms with Gasteiger partial charge in [0.05, 0.1) is 18.3 Å². The zero-order valence-electron chi connectivity index (χ0n) is 10.9. The predicted octanol–water partition coefficient (Wildman–Crippen LogP) is 2.95. The Hall–Kier alpha value is -1.68. The SMILES string of the molecule is COc1c(C)cc(C)c(Cl)c1-c1cnn(C)c1N. The summed E-state index contributed by atoms with van der Waals surface area (Å²) < 4.78 is 7.07. The number of rotatable bonds is 2. The fourth-order valence-corrected chi connectivity index (χ4v) is 2.33. The number of methoxy groups -OCH3 is 1. The van der Waals surface area contributed by atoms with E-state index in [2.05, 4.69) is 5.10 Å². The van der Waals surface area contributed by atoms with Gasteiger partial charge in [-0.2, -0.15) is 5.10 Å². The maximum absolute atomic E-state index is 6.39. The molecule has 0 radical (unpaired) electrons. The maximum atomic E-state index is 6.39. The minimum atomic E-state index is 0.570. The molecule has 0 aliphatic carbocycles. The molecule has 4 nitrogen and oxygen atoms in total. The largest absolute Gasteiger partial charge is 0.496 e. The molecule has 0 aliphatic heterocycles. The number of hydrogen-bond donors (Lipinski definition) is 1. The zero-order chi connectivity index (χ0) is 13.4. The molecule has 1 heterocycles. The van der Waals surface area contributed by atoms with Gasteiger partial charge in [0, 0.05) is 18.2 Å². The molecule has 2 N–H and O–H groups in total. The van der Waals surface area contributed by atoms with Crippen LogP contribution in [0.15, 0.2) is 12.3 Å². The summed E-state index contributed by atoms with van der Waals surface area (Å²) in [6.07, 6.45) is 1.71. The van der Waals surface area contributed by atoms with Gasteiger partial charge in [0.25, 0.3) is 0 Å². The molecular weight excluding hydrogens is 250 g/mol. The van der Waals surface area contributed by atoms with Crippen LogP contribution in [0.2, 0.25) is 5.02 Å². The van der Waals surface area contributed by atoms with Gasteiger partial charge in [0.15, 0.2) is 0 Å². The van der Waals surface area contributed by atoms with Crippen LogP contribution in [0.3, 0.4) is 0 Å². The van der Waals surface area contributed by atoms with Crippen LogP contribution in [0.4, 0.5) is 5.82 Å². The van der Waals surface area contributed by atoms with Crippen LogP contribution >= 0.6 is 11.6 Å². The Kier molecular flexibility index (Phi) is 3.22. The van der Waals surface area contributed by atoms with Crippen LogP contribution in [0.25, 0.3) is 11.1 Å². The van der Waals surface area contributed by atoms with Crippen LogP contribution < -0.4 is 10.5 Å². The van der Waals surface area contributed by atoms with Crippen molar-refractivity contribution in [3.63, 3.8) is 0 Å². The Bertz CT molecular complexity index is 605. The normalized spacial score (nSPS) is 10.7. The second kappa shape index (κ2) is 4.53. The number of halogens is 1. The van der Waals surface area contributed by atoms with E-state index >= 15 is 0 Å². The molecule has 96 valence electrons. The molecule has 1 aromatic carbocycles. The Morgan fingerprint density at radius 3 is 2.50 bits per heavy atom. The van der Waals surface area contributed by atoms with Gasteiger partial charge < -0.3 is 10.5 Å². The topological polar surface area (TPSA) is 53.1 Å². The molecule has 0 aliphatic rings. The van der Waals surface area contributed by atoms with Gasteiger partial charge in [-0.3, -0.25) is 4.68 Å². The minimum Gasteiger partial charge on any atom is -0.496 e. The summed E-state index contributed by atoms with van der Waals surface area (Å²) in [4.78, 5) is 0. The van der Waals surface area contributed by atoms with Crippen LogP contribution in [-0.2, 0) is 7.05 Å². The van der Waals surface area contributed by atoms with Crippen molar-refractivity contribution < 1.29 is 4.74 Å². The molecule has 0 bridgehead atoms. The molecule has 0 saturated heterocycles. The lowest BCUT2D eigenvalue weighted by Gasteiger charge is -2.15. The number of aromatic nitrogens is 2. The molecule has 2 rings (SSSR count). The molecular formula is C13H16ClN3O. The number of anilines is 1. The summed E-state index contributed by atoms with van der Waals surface area (Å²) in [5.41, 5.74) is 9.64. The average Bonchev–Trinajstić information content (AvgIpc) is 2.65. The third-order valence-corrected chi connectivity index (χ3v) is 3.53. The van der Waals surface area contributed by atoms with Crippen LogP contribution in [0.1, 0.15) is 11.1 Å². The van der Waals surface area contributed by atoms with Gasteiger partial charge in [-0.05, 0) is 25.0 Å². The van der Waals surface area contributed by atoms with E-state index in [1.807, 2.05) is 19.9 Å². The summed E-state index contributed by atoms with van der Waals surface area (Å²) >= 11 is 6.39. The first kappa shape index (κ1) is 12.8. The molecule has 0 unspecified atom stereocenters. The predicted molar refractivity (Wildman–Crippen MR) is 74.1 cm³/mol. The van der Waals surface area contributed by atoms with Crippen molar-refractivity contribution in [2.75, 3.05) is 12.8 Å². The van der Waals surface area contributed by atoms with Gasteiger partial charge >= 0.3 is 0 Å². The maximum Gasteiger partial charge on any atom is 0.131 e. The van der Waals surface area contributed by atoms with Crippen molar-refractivity contribution in [3.8, 4) is 16.9 Å². The highest BCUT2D eigenvalue weighted by molar-refractivity contribution is 6.34. The van der Waals surface area contributed by atoms with Crippen LogP contribution in [0.5, 0.6) is 5.75 Å². The van der Waals surface area contributed by atoms with Gasteiger partial charge in [0.1, 0.15) is 11.6 Å². The average molecular weight is 266 g/mol. The van der Waals surface area contributed by atoms with Crippen LogP contribution in [-0.4, -0.2) is 16.9 Å². The van der Waals surface area contributed by atoms with Gasteiger partial charge in [-0.1, -0.05) is 17.7 Å². The Balaban J connectivity index is 2.81. The number of aryl methyl sites for hydroxylation is 3. The van der Waals surface area contributed by atoms with Crippen molar-refractivity contribution in [2.24, 2.45) is 7.05 Å². The lowest BCUT2D eigenvalue weighted by Crippen LogP contribution is -2.00. The quantitative estimate of drug-likeness (QED) is 0.908. The number of benzene rings is 1. The van der Waals surface area contributed by atoms with E-state index in [1.54, 1.807) is 25.0 Å². The zero-order valence-corrected chi connectivity index (χ0v) is 11.7. The number of ether oxygens (including phenoxy) is 1. The van der Waals surface area contributed by atoms with Gasteiger partial charge in [0.2, 0.25) is 0 Å². The third-order valence-electron chi connectivity index (χ3n) is 3.04. The second-order valence-electron chi connectivity index (χ2n) is 4.30. The van der Waals surface area contributed by atoms with E-state index in [9.17, 15) is 0 Å². The number of nitrogens with zero attached hydrogens (tertiary/aromatic N) is 2. The molecule has 2 aromatic rings. The van der Waals surface area contributed by atoms with Gasteiger partial charge in [-0.25, -0.2) is 0 Å². The van der Waals surface area contributed by atoms with Gasteiger partial charge in [-0.15, -0.1) is 0 Å². The molecule has 0 fully saturated rings. The number of nitrogen functional groups attached to an aromatic ring is 1. The van der Waals surface area contributed by atoms with E-state index in [-0.39, 0.29) is 0 Å². The monoisotopic (exact) mass is 265 g/mol. The number of nitrogens with two attached hydrogens (primary N) is 1. The fourth-order valence-electron chi connectivity index (χ4n) is 2.09. The Labute approximate surface area is 111 Å². The van der Waals surface area contributed by atoms with E-state index in [0.29, 0.717) is 10.8 Å². The highest BCUT2D eigenvalue weighted by atomic mass is 35.5. The lowest BCUT2D eigenvalue weighted by atomic mass is 10.0. The molecule has 0 amide bonds. The molecule has 0 saturated carbocycles. The molecule has 0 atom stereocenters. The van der Waals surface area contributed by atoms with E-state index in [0.717, 1.165) is 28.0 Å². The third kappa shape index (κ3) is 1.82. The Morgan fingerprint density at radius 1 is 1.33 bits per heavy atom. The van der Waals surface area contributed by atoms with E-state index in [1.165, 1.54) is 0 Å². The van der Waals surface area contributed by atoms with Crippen LogP contribution in [0, 0.1) is 13.8 Å². The molecule has 1 aromatic heterocycles. The number of hydrogen-bond acceptors (Lipinski definition) is 3. The standard InChI is InChI=1S/C13H16ClN3O/c1-7-5-8(2)12(18-4)10(11(7)14)9-6-16-17(3)13(9)15/h5-6H,15H2,1-4H3. The van der Waals surface area contributed by atoms with Crippen molar-refractivity contribution in [2.45, 2.75) is 13.8 Å². The van der Waals surface area contributed by atoms with Crippen molar-refractivity contribution in [1.29, 1.82) is 0 Å². The van der Waals surface area contributed by atoms with Crippen molar-refractivity contribution in [3.05, 3.63) is 28.4 Å². The smallest absolute Gasteiger partial charge is 0.131 e. The summed E-state index contributed by atoms with van der Waals surface area (Å²) in [5.74, 6) is 1.31. The first-order valence-electron chi connectivity index (χ1n) is 5.59. The van der Waals surface area contributed by atoms with E-state index < -0.39 is 0 Å². The summed E-state index contributed by atoms with van der Waals surface area (Å²) in [5, 5.41) is 4.80. The Morgan fingerprint density at radius 2 is 2.00 bits per heavy atom. The molecule has 0 spiro atoms. The lowest BCUT2D eigenvalue weighted by molar-refractivity contribution is 0.413. The highest BCUT2D eigenvalue weighted by Crippen LogP contribution is 2.42. The highest BCUT2D eigenvalue weighted by Gasteiger charge is 2.19. The summed E-state index contributed by atoms with van der Waals surface area (Å²) in [6, 6.07) is 2.00. The first-order valence-corrected chi connectivity index (χ1v) is 5.96. The molecule has 18 heavy (non-hydrogen) atoms. The van der Waals surface area contributed by atoms with Crippen molar-refractivity contribution in [1.82, 2.24) is 9.78 Å². The summed E-state index contributed by atoms with van der Waals surface area (Å²) in [7, 11) is 3.42. The second-order valence-corrected chi connectivity index (χ2v) is 4.68. The molecule has 5 heteroatoms. The van der Waals surface area contributed by atoms with Crippen molar-refractivity contribution >= 4 is 17.4 Å². The minimum absolute atomic E-state index is 0.570. The van der Waals surface area contributed by atoms with E-state index in [4.69, 9.17) is 22.1 Å².